The van der Waals surface area contributed by atoms with Gasteiger partial charge in [0.15, 0.2) is 0 Å². The van der Waals surface area contributed by atoms with Crippen LogP contribution in [-0.4, -0.2) is 58.4 Å². The number of methoxy groups -OCH3 is 1. The molecule has 1 rings (SSSR count). The molecule has 0 aliphatic carbocycles. The Morgan fingerprint density at radius 1 is 1.40 bits per heavy atom. The van der Waals surface area contributed by atoms with Gasteiger partial charge in [0.2, 0.25) is 10.0 Å². The summed E-state index contributed by atoms with van der Waals surface area (Å²) in [6.07, 6.45) is 6.84. The Kier molecular flexibility index (Phi) is 7.43. The molecule has 1 saturated heterocycles. The van der Waals surface area contributed by atoms with Gasteiger partial charge >= 0.3 is 0 Å². The third kappa shape index (κ3) is 6.08. The van der Waals surface area contributed by atoms with E-state index in [0.29, 0.717) is 25.0 Å². The van der Waals surface area contributed by atoms with Crippen LogP contribution < -0.4 is 5.32 Å². The first kappa shape index (κ1) is 17.9. The summed E-state index contributed by atoms with van der Waals surface area (Å²) in [5.41, 5.74) is 0. The SMILES string of the molecule is CNC(CCC(C)OC)CC1CCCN(S(C)(=O)=O)C1. The Morgan fingerprint density at radius 2 is 2.10 bits per heavy atom. The predicted octanol–water partition coefficient (Wildman–Crippen LogP) is 1.45. The number of hydrogen-bond donors (Lipinski definition) is 1. The molecule has 0 aromatic rings. The van der Waals surface area contributed by atoms with Gasteiger partial charge in [-0.05, 0) is 52.0 Å². The molecule has 0 bridgehead atoms. The maximum atomic E-state index is 11.6. The maximum Gasteiger partial charge on any atom is 0.211 e. The molecule has 3 unspecified atom stereocenters. The van der Waals surface area contributed by atoms with Crippen molar-refractivity contribution in [2.24, 2.45) is 5.92 Å². The monoisotopic (exact) mass is 306 g/mol. The first-order chi connectivity index (χ1) is 9.36. The van der Waals surface area contributed by atoms with Crippen molar-refractivity contribution in [3.8, 4) is 0 Å². The van der Waals surface area contributed by atoms with E-state index in [1.807, 2.05) is 7.05 Å². The summed E-state index contributed by atoms with van der Waals surface area (Å²) in [5.74, 6) is 0.466. The standard InChI is InChI=1S/C14H30N2O3S/c1-12(19-3)7-8-14(15-2)10-13-6-5-9-16(11-13)20(4,17)18/h12-15H,5-11H2,1-4H3. The summed E-state index contributed by atoms with van der Waals surface area (Å²) in [7, 11) is 0.688. The van der Waals surface area contributed by atoms with Gasteiger partial charge in [-0.2, -0.15) is 0 Å². The highest BCUT2D eigenvalue weighted by Gasteiger charge is 2.27. The quantitative estimate of drug-likeness (QED) is 0.737. The average Bonchev–Trinajstić information content (AvgIpc) is 2.42. The Labute approximate surface area is 124 Å². The van der Waals surface area contributed by atoms with E-state index < -0.39 is 10.0 Å². The van der Waals surface area contributed by atoms with E-state index in [9.17, 15) is 8.42 Å². The van der Waals surface area contributed by atoms with E-state index in [1.54, 1.807) is 11.4 Å². The van der Waals surface area contributed by atoms with Gasteiger partial charge in [0, 0.05) is 26.2 Å². The molecule has 6 heteroatoms. The highest BCUT2D eigenvalue weighted by molar-refractivity contribution is 7.88. The minimum absolute atomic E-state index is 0.282. The summed E-state index contributed by atoms with van der Waals surface area (Å²) in [4.78, 5) is 0. The van der Waals surface area contributed by atoms with E-state index in [-0.39, 0.29) is 6.10 Å². The molecular formula is C14H30N2O3S. The van der Waals surface area contributed by atoms with Gasteiger partial charge in [0.05, 0.1) is 12.4 Å². The van der Waals surface area contributed by atoms with E-state index >= 15 is 0 Å². The number of hydrogen-bond acceptors (Lipinski definition) is 4. The van der Waals surface area contributed by atoms with Gasteiger partial charge in [-0.25, -0.2) is 12.7 Å². The fourth-order valence-electron chi connectivity index (χ4n) is 2.86. The highest BCUT2D eigenvalue weighted by atomic mass is 32.2. The van der Waals surface area contributed by atoms with E-state index in [1.165, 1.54) is 6.26 Å². The van der Waals surface area contributed by atoms with Crippen LogP contribution in [0.25, 0.3) is 0 Å². The summed E-state index contributed by atoms with van der Waals surface area (Å²) in [5, 5.41) is 3.36. The lowest BCUT2D eigenvalue weighted by Crippen LogP contribution is -2.41. The molecule has 5 nitrogen and oxygen atoms in total. The fraction of sp³-hybridized carbons (Fsp3) is 1.00. The molecule has 3 atom stereocenters. The number of nitrogens with one attached hydrogen (secondary N) is 1. The van der Waals surface area contributed by atoms with Crippen molar-refractivity contribution in [3.05, 3.63) is 0 Å². The van der Waals surface area contributed by atoms with E-state index in [0.717, 1.165) is 32.1 Å². The van der Waals surface area contributed by atoms with Crippen molar-refractivity contribution in [3.63, 3.8) is 0 Å². The molecule has 0 spiro atoms. The summed E-state index contributed by atoms with van der Waals surface area (Å²) in [6.45, 7) is 3.44. The second-order valence-electron chi connectivity index (χ2n) is 5.97. The van der Waals surface area contributed by atoms with Crippen LogP contribution in [0.2, 0.25) is 0 Å². The maximum absolute atomic E-state index is 11.6. The van der Waals surface area contributed by atoms with Gasteiger partial charge in [-0.15, -0.1) is 0 Å². The van der Waals surface area contributed by atoms with Crippen molar-refractivity contribution in [1.29, 1.82) is 0 Å². The molecule has 0 saturated carbocycles. The summed E-state index contributed by atoms with van der Waals surface area (Å²) < 4.78 is 30.2. The zero-order chi connectivity index (χ0) is 15.2. The minimum Gasteiger partial charge on any atom is -0.382 e. The first-order valence-corrected chi connectivity index (χ1v) is 9.36. The van der Waals surface area contributed by atoms with Crippen molar-refractivity contribution >= 4 is 10.0 Å². The lowest BCUT2D eigenvalue weighted by atomic mass is 9.90. The van der Waals surface area contributed by atoms with Crippen molar-refractivity contribution in [2.45, 2.75) is 51.2 Å². The molecule has 1 aliphatic heterocycles. The van der Waals surface area contributed by atoms with Crippen LogP contribution in [0.15, 0.2) is 0 Å². The van der Waals surface area contributed by atoms with Gasteiger partial charge in [-0.3, -0.25) is 0 Å². The van der Waals surface area contributed by atoms with E-state index in [4.69, 9.17) is 4.74 Å². The van der Waals surface area contributed by atoms with Crippen LogP contribution in [0, 0.1) is 5.92 Å². The van der Waals surface area contributed by atoms with Crippen LogP contribution in [0.4, 0.5) is 0 Å². The molecule has 20 heavy (non-hydrogen) atoms. The van der Waals surface area contributed by atoms with Crippen LogP contribution in [0.1, 0.15) is 39.0 Å². The second kappa shape index (κ2) is 8.32. The molecule has 1 heterocycles. The Morgan fingerprint density at radius 3 is 2.65 bits per heavy atom. The van der Waals surface area contributed by atoms with Crippen LogP contribution in [0.5, 0.6) is 0 Å². The number of nitrogens with zero attached hydrogens (tertiary/aromatic N) is 1. The van der Waals surface area contributed by atoms with Crippen LogP contribution in [0.3, 0.4) is 0 Å². The van der Waals surface area contributed by atoms with Gasteiger partial charge in [-0.1, -0.05) is 0 Å². The molecule has 0 aromatic heterocycles. The summed E-state index contributed by atoms with van der Waals surface area (Å²) in [6, 6.07) is 0.442. The molecule has 0 amide bonds. The lowest BCUT2D eigenvalue weighted by Gasteiger charge is -2.33. The van der Waals surface area contributed by atoms with Crippen molar-refractivity contribution in [1.82, 2.24) is 9.62 Å². The second-order valence-corrected chi connectivity index (χ2v) is 7.96. The van der Waals surface area contributed by atoms with Crippen LogP contribution in [-0.2, 0) is 14.8 Å². The molecule has 1 N–H and O–H groups in total. The van der Waals surface area contributed by atoms with Crippen molar-refractivity contribution < 1.29 is 13.2 Å². The third-order valence-corrected chi connectivity index (χ3v) is 5.57. The Bertz CT molecular complexity index is 373. The van der Waals surface area contributed by atoms with Crippen molar-refractivity contribution in [2.75, 3.05) is 33.5 Å². The predicted molar refractivity (Wildman–Crippen MR) is 82.3 cm³/mol. The first-order valence-electron chi connectivity index (χ1n) is 7.52. The molecule has 1 fully saturated rings. The third-order valence-electron chi connectivity index (χ3n) is 4.30. The molecule has 0 radical (unpaired) electrons. The Hall–Kier alpha value is -0.170. The highest BCUT2D eigenvalue weighted by Crippen LogP contribution is 2.24. The normalized spacial score (nSPS) is 24.5. The fourth-order valence-corrected chi connectivity index (χ4v) is 3.80. The number of sulfonamides is 1. The number of rotatable bonds is 8. The average molecular weight is 306 g/mol. The zero-order valence-corrected chi connectivity index (χ0v) is 14.1. The molecule has 1 aliphatic rings. The van der Waals surface area contributed by atoms with E-state index in [2.05, 4.69) is 12.2 Å². The molecular weight excluding hydrogens is 276 g/mol. The van der Waals surface area contributed by atoms with Gasteiger partial charge in [0.1, 0.15) is 0 Å². The number of ether oxygens (including phenoxy) is 1. The molecule has 120 valence electrons. The van der Waals surface area contributed by atoms with Crippen LogP contribution >= 0.6 is 0 Å². The minimum atomic E-state index is -3.04. The number of piperidine rings is 1. The summed E-state index contributed by atoms with van der Waals surface area (Å²) >= 11 is 0. The lowest BCUT2D eigenvalue weighted by molar-refractivity contribution is 0.104. The zero-order valence-electron chi connectivity index (χ0n) is 13.3. The smallest absolute Gasteiger partial charge is 0.211 e. The molecule has 0 aromatic carbocycles. The topological polar surface area (TPSA) is 58.6 Å². The van der Waals surface area contributed by atoms with Gasteiger partial charge in [0.25, 0.3) is 0 Å². The Balaban J connectivity index is 2.44. The van der Waals surface area contributed by atoms with Gasteiger partial charge < -0.3 is 10.1 Å². The largest absolute Gasteiger partial charge is 0.382 e.